The Balaban J connectivity index is 1.49. The molecule has 11 heteroatoms. The zero-order chi connectivity index (χ0) is 29.1. The van der Waals surface area contributed by atoms with E-state index in [0.717, 1.165) is 15.4 Å². The maximum Gasteiger partial charge on any atom is 0.410 e. The second-order valence-corrected chi connectivity index (χ2v) is 12.2. The van der Waals surface area contributed by atoms with Crippen molar-refractivity contribution in [1.29, 1.82) is 0 Å². The topological polar surface area (TPSA) is 101 Å². The smallest absolute Gasteiger partial charge is 0.410 e. The van der Waals surface area contributed by atoms with E-state index < -0.39 is 34.6 Å². The first-order valence-electron chi connectivity index (χ1n) is 13.5. The Hall–Kier alpha value is -3.99. The van der Waals surface area contributed by atoms with Crippen molar-refractivity contribution in [3.05, 3.63) is 88.9 Å². The van der Waals surface area contributed by atoms with Gasteiger partial charge in [0.1, 0.15) is 18.8 Å². The minimum absolute atomic E-state index is 0.0262. The lowest BCUT2D eigenvalue weighted by Crippen LogP contribution is -2.45. The first kappa shape index (κ1) is 28.5. The quantitative estimate of drug-likeness (QED) is 0.438. The first-order chi connectivity index (χ1) is 19.6. The number of fused-ring (bicyclic) bond motifs is 1. The Morgan fingerprint density at radius 3 is 2.39 bits per heavy atom. The number of hydrogen-bond donors (Lipinski definition) is 1. The van der Waals surface area contributed by atoms with Crippen molar-refractivity contribution < 1.29 is 27.7 Å². The van der Waals surface area contributed by atoms with Crippen molar-refractivity contribution in [1.82, 2.24) is 14.6 Å². The highest BCUT2D eigenvalue weighted by molar-refractivity contribution is 7.85. The van der Waals surface area contributed by atoms with Crippen LogP contribution in [0.4, 0.5) is 14.9 Å². The molecule has 3 aromatic rings. The molecule has 1 N–H and O–H groups in total. The summed E-state index contributed by atoms with van der Waals surface area (Å²) in [5.41, 5.74) is 1.75. The lowest BCUT2D eigenvalue weighted by molar-refractivity contribution is -0.117. The fraction of sp³-hybridized carbons (Fsp3) is 0.367. The van der Waals surface area contributed by atoms with E-state index in [2.05, 4.69) is 9.71 Å². The third-order valence-corrected chi connectivity index (χ3v) is 7.95. The molecule has 216 valence electrons. The third kappa shape index (κ3) is 6.67. The van der Waals surface area contributed by atoms with Gasteiger partial charge in [0.25, 0.3) is 5.91 Å². The fourth-order valence-electron chi connectivity index (χ4n) is 4.95. The van der Waals surface area contributed by atoms with Crippen LogP contribution in [0.1, 0.15) is 49.6 Å². The van der Waals surface area contributed by atoms with Crippen LogP contribution in [0.2, 0.25) is 0 Å². The number of carbonyl (C=O) groups excluding carboxylic acids is 2. The van der Waals surface area contributed by atoms with Gasteiger partial charge in [0.2, 0.25) is 17.1 Å². The maximum atomic E-state index is 16.5. The van der Waals surface area contributed by atoms with Crippen LogP contribution in [0.15, 0.2) is 60.7 Å². The fourth-order valence-corrected chi connectivity index (χ4v) is 5.88. The van der Waals surface area contributed by atoms with Gasteiger partial charge in [-0.25, -0.2) is 18.4 Å². The Morgan fingerprint density at radius 1 is 1.12 bits per heavy atom. The van der Waals surface area contributed by atoms with E-state index >= 15 is 4.39 Å². The number of nitrogens with one attached hydrogen (secondary N) is 1. The number of anilines is 1. The Bertz CT molecular complexity index is 1450. The summed E-state index contributed by atoms with van der Waals surface area (Å²) in [5.74, 6) is -1.18. The highest BCUT2D eigenvalue weighted by Crippen LogP contribution is 2.39. The summed E-state index contributed by atoms with van der Waals surface area (Å²) in [6.07, 6.45) is 0.627. The van der Waals surface area contributed by atoms with Crippen molar-refractivity contribution >= 4 is 28.9 Å². The van der Waals surface area contributed by atoms with Crippen molar-refractivity contribution in [3.8, 4) is 5.88 Å². The van der Waals surface area contributed by atoms with Gasteiger partial charge in [0, 0.05) is 18.2 Å². The van der Waals surface area contributed by atoms with Crippen LogP contribution in [-0.2, 0) is 46.7 Å². The molecule has 1 fully saturated rings. The summed E-state index contributed by atoms with van der Waals surface area (Å²) in [6.45, 7) is 5.53. The number of aromatic nitrogens is 1. The molecule has 1 aliphatic carbocycles. The van der Waals surface area contributed by atoms with E-state index in [4.69, 9.17) is 9.47 Å². The van der Waals surface area contributed by atoms with E-state index in [1.807, 2.05) is 60.7 Å². The van der Waals surface area contributed by atoms with Crippen LogP contribution < -0.4 is 13.8 Å². The van der Waals surface area contributed by atoms with Crippen molar-refractivity contribution in [2.75, 3.05) is 10.8 Å². The molecular formula is C30H33FN4O5S. The molecule has 2 unspecified atom stereocenters. The van der Waals surface area contributed by atoms with Gasteiger partial charge in [-0.05, 0) is 51.2 Å². The van der Waals surface area contributed by atoms with Crippen molar-refractivity contribution in [2.45, 2.75) is 64.8 Å². The predicted molar refractivity (Wildman–Crippen MR) is 153 cm³/mol. The molecule has 2 heterocycles. The maximum absolute atomic E-state index is 16.5. The van der Waals surface area contributed by atoms with Crippen LogP contribution in [0.5, 0.6) is 5.88 Å². The van der Waals surface area contributed by atoms with Gasteiger partial charge in [0.05, 0.1) is 5.69 Å². The normalized spacial score (nSPS) is 18.4. The van der Waals surface area contributed by atoms with E-state index in [0.29, 0.717) is 30.6 Å². The molecule has 2 aromatic carbocycles. The highest BCUT2D eigenvalue weighted by atomic mass is 32.2. The molecule has 0 radical (unpaired) electrons. The zero-order valence-corrected chi connectivity index (χ0v) is 24.1. The van der Waals surface area contributed by atoms with Gasteiger partial charge < -0.3 is 14.4 Å². The van der Waals surface area contributed by atoms with Gasteiger partial charge in [-0.1, -0.05) is 60.7 Å². The summed E-state index contributed by atoms with van der Waals surface area (Å²) >= 11 is -1.98. The van der Waals surface area contributed by atoms with Gasteiger partial charge in [-0.15, -0.1) is 0 Å². The summed E-state index contributed by atoms with van der Waals surface area (Å²) in [6, 6.07) is 18.5. The molecule has 9 nitrogen and oxygen atoms in total. The van der Waals surface area contributed by atoms with Gasteiger partial charge in [-0.3, -0.25) is 13.8 Å². The summed E-state index contributed by atoms with van der Waals surface area (Å²) in [5, 5.41) is 0. The summed E-state index contributed by atoms with van der Waals surface area (Å²) in [4.78, 5) is 31.7. The highest BCUT2D eigenvalue weighted by Gasteiger charge is 2.38. The minimum Gasteiger partial charge on any atom is -0.471 e. The zero-order valence-electron chi connectivity index (χ0n) is 23.3. The summed E-state index contributed by atoms with van der Waals surface area (Å²) in [7, 11) is 0. The Morgan fingerprint density at radius 2 is 1.78 bits per heavy atom. The number of amides is 2. The molecule has 2 aliphatic rings. The SMILES string of the molecule is CC(C)(C)OC(=O)N(Cc1ccccc1)C1CCc2nc(OCc3ccccc3)c(N3CC(=O)NS3=O)c(F)c2C1. The number of ether oxygens (including phenoxy) is 2. The molecule has 41 heavy (non-hydrogen) atoms. The second kappa shape index (κ2) is 11.9. The lowest BCUT2D eigenvalue weighted by Gasteiger charge is -2.36. The standard InChI is InChI=1S/C30H33FN4O5S/c1-30(2,3)40-29(37)34(17-20-10-6-4-7-11-20)22-14-15-24-23(16-22)26(31)27(35-18-25(36)33-41(35)38)28(32-24)39-19-21-12-8-5-9-13-21/h4-13,22H,14-19H2,1-3H3,(H,33,36). The first-order valence-corrected chi connectivity index (χ1v) is 14.6. The van der Waals surface area contributed by atoms with Crippen LogP contribution in [0.3, 0.4) is 0 Å². The Kier molecular flexibility index (Phi) is 8.25. The van der Waals surface area contributed by atoms with Crippen LogP contribution in [0.25, 0.3) is 0 Å². The van der Waals surface area contributed by atoms with Crippen molar-refractivity contribution in [2.24, 2.45) is 0 Å². The van der Waals surface area contributed by atoms with E-state index in [9.17, 15) is 13.8 Å². The lowest BCUT2D eigenvalue weighted by atomic mass is 9.89. The minimum atomic E-state index is -1.98. The van der Waals surface area contributed by atoms with Crippen LogP contribution in [0, 0.1) is 5.82 Å². The van der Waals surface area contributed by atoms with Crippen LogP contribution in [-0.4, -0.2) is 44.3 Å². The number of aryl methyl sites for hydroxylation is 1. The molecule has 5 rings (SSSR count). The number of rotatable bonds is 7. The number of halogens is 1. The Labute approximate surface area is 241 Å². The number of carbonyl (C=O) groups is 2. The molecule has 0 bridgehead atoms. The average molecular weight is 581 g/mol. The molecule has 0 spiro atoms. The number of nitrogens with zero attached hydrogens (tertiary/aromatic N) is 3. The molecule has 1 aliphatic heterocycles. The average Bonchev–Trinajstić information content (AvgIpc) is 3.27. The molecule has 0 saturated carbocycles. The van der Waals surface area contributed by atoms with E-state index in [1.165, 1.54) is 0 Å². The van der Waals surface area contributed by atoms with Gasteiger partial charge >= 0.3 is 6.09 Å². The largest absolute Gasteiger partial charge is 0.471 e. The van der Waals surface area contributed by atoms with E-state index in [-0.39, 0.29) is 37.2 Å². The number of pyridine rings is 1. The molecule has 2 atom stereocenters. The monoisotopic (exact) mass is 580 g/mol. The molecule has 1 saturated heterocycles. The number of hydrogen-bond acceptors (Lipinski definition) is 6. The third-order valence-electron chi connectivity index (χ3n) is 6.84. The van der Waals surface area contributed by atoms with Gasteiger partial charge in [-0.2, -0.15) is 0 Å². The molecule has 1 aromatic heterocycles. The molecular weight excluding hydrogens is 547 g/mol. The van der Waals surface area contributed by atoms with Gasteiger partial charge in [0.15, 0.2) is 11.5 Å². The van der Waals surface area contributed by atoms with Crippen LogP contribution >= 0.6 is 0 Å². The summed E-state index contributed by atoms with van der Waals surface area (Å²) < 4.78 is 44.3. The second-order valence-electron chi connectivity index (χ2n) is 11.1. The van der Waals surface area contributed by atoms with E-state index in [1.54, 1.807) is 25.7 Å². The number of benzene rings is 2. The predicted octanol–water partition coefficient (Wildman–Crippen LogP) is 4.61. The molecule has 2 amide bonds. The van der Waals surface area contributed by atoms with Crippen molar-refractivity contribution in [3.63, 3.8) is 0 Å².